The molecule has 0 aliphatic heterocycles. The number of hydrogen-bond donors (Lipinski definition) is 2. The molecule has 0 aliphatic carbocycles. The molecule has 30 heavy (non-hydrogen) atoms. The molecule has 0 heterocycles. The molecule has 0 radical (unpaired) electrons. The molecule has 0 fully saturated rings. The lowest BCUT2D eigenvalue weighted by molar-refractivity contribution is -0.121. The second-order valence-corrected chi connectivity index (χ2v) is 8.06. The first-order valence-electron chi connectivity index (χ1n) is 9.51. The lowest BCUT2D eigenvalue weighted by atomic mass is 9.91. The SMILES string of the molecule is CC(CC(=O)Nc1cccc(I)c1)=NNC(=O)C(c1ccccc1)c1ccccc1. The number of nitrogens with one attached hydrogen (secondary N) is 2. The van der Waals surface area contributed by atoms with E-state index < -0.39 is 5.92 Å². The van der Waals surface area contributed by atoms with Crippen LogP contribution in [0.4, 0.5) is 5.69 Å². The fraction of sp³-hybridized carbons (Fsp3) is 0.125. The van der Waals surface area contributed by atoms with Crippen LogP contribution in [-0.2, 0) is 9.59 Å². The molecule has 3 rings (SSSR count). The summed E-state index contributed by atoms with van der Waals surface area (Å²) in [6.07, 6.45) is 0.0904. The van der Waals surface area contributed by atoms with E-state index in [1.54, 1.807) is 6.92 Å². The third-order valence-corrected chi connectivity index (χ3v) is 5.08. The average molecular weight is 511 g/mol. The monoisotopic (exact) mass is 511 g/mol. The first-order valence-corrected chi connectivity index (χ1v) is 10.6. The van der Waals surface area contributed by atoms with Gasteiger partial charge in [-0.2, -0.15) is 5.10 Å². The quantitative estimate of drug-likeness (QED) is 0.268. The topological polar surface area (TPSA) is 70.6 Å². The second-order valence-electron chi connectivity index (χ2n) is 6.81. The van der Waals surface area contributed by atoms with Crippen molar-refractivity contribution in [2.24, 2.45) is 5.10 Å². The van der Waals surface area contributed by atoms with E-state index in [2.05, 4.69) is 38.4 Å². The van der Waals surface area contributed by atoms with Gasteiger partial charge in [-0.15, -0.1) is 0 Å². The minimum atomic E-state index is -0.482. The van der Waals surface area contributed by atoms with Crippen molar-refractivity contribution in [1.82, 2.24) is 5.43 Å². The Morgan fingerprint density at radius 1 is 0.900 bits per heavy atom. The van der Waals surface area contributed by atoms with Crippen molar-refractivity contribution in [2.45, 2.75) is 19.3 Å². The number of benzene rings is 3. The molecule has 6 heteroatoms. The Hall–Kier alpha value is -3.00. The molecule has 152 valence electrons. The molecule has 5 nitrogen and oxygen atoms in total. The van der Waals surface area contributed by atoms with Crippen LogP contribution in [0.1, 0.15) is 30.4 Å². The minimum absolute atomic E-state index is 0.0904. The number of nitrogens with zero attached hydrogens (tertiary/aromatic N) is 1. The van der Waals surface area contributed by atoms with E-state index in [4.69, 9.17) is 0 Å². The van der Waals surface area contributed by atoms with Gasteiger partial charge in [0.15, 0.2) is 0 Å². The molecule has 0 atom stereocenters. The smallest absolute Gasteiger partial charge is 0.252 e. The number of hydrogen-bond acceptors (Lipinski definition) is 3. The highest BCUT2D eigenvalue weighted by Crippen LogP contribution is 2.24. The van der Waals surface area contributed by atoms with Crippen LogP contribution in [-0.4, -0.2) is 17.5 Å². The number of anilines is 1. The van der Waals surface area contributed by atoms with Crippen LogP contribution in [0.15, 0.2) is 90.0 Å². The van der Waals surface area contributed by atoms with Crippen LogP contribution >= 0.6 is 22.6 Å². The summed E-state index contributed by atoms with van der Waals surface area (Å²) in [5.74, 6) is -0.913. The molecule has 2 N–H and O–H groups in total. The number of carbonyl (C=O) groups is 2. The maximum absolute atomic E-state index is 12.9. The van der Waals surface area contributed by atoms with Crippen LogP contribution < -0.4 is 10.7 Å². The number of halogens is 1. The van der Waals surface area contributed by atoms with E-state index in [9.17, 15) is 9.59 Å². The molecule has 0 saturated heterocycles. The minimum Gasteiger partial charge on any atom is -0.326 e. The molecule has 0 bridgehead atoms. The van der Waals surface area contributed by atoms with Gasteiger partial charge >= 0.3 is 0 Å². The summed E-state index contributed by atoms with van der Waals surface area (Å²) in [5, 5.41) is 6.99. The predicted octanol–water partition coefficient (Wildman–Crippen LogP) is 4.94. The first kappa shape index (κ1) is 21.7. The molecule has 0 unspecified atom stereocenters. The second kappa shape index (κ2) is 10.7. The Balaban J connectivity index is 1.66. The highest BCUT2D eigenvalue weighted by atomic mass is 127. The first-order chi connectivity index (χ1) is 14.5. The molecule has 0 aromatic heterocycles. The summed E-state index contributed by atoms with van der Waals surface area (Å²) in [6.45, 7) is 1.72. The van der Waals surface area contributed by atoms with Crippen molar-refractivity contribution in [2.75, 3.05) is 5.32 Å². The molecule has 3 aromatic rings. The zero-order valence-corrected chi connectivity index (χ0v) is 18.7. The summed E-state index contributed by atoms with van der Waals surface area (Å²) in [7, 11) is 0. The fourth-order valence-electron chi connectivity index (χ4n) is 3.04. The van der Waals surface area contributed by atoms with Crippen molar-refractivity contribution in [3.8, 4) is 0 Å². The van der Waals surface area contributed by atoms with E-state index in [0.717, 1.165) is 20.4 Å². The van der Waals surface area contributed by atoms with Gasteiger partial charge in [-0.25, -0.2) is 5.43 Å². The molecule has 0 spiro atoms. The number of hydrazone groups is 1. The van der Waals surface area contributed by atoms with Gasteiger partial charge in [-0.3, -0.25) is 9.59 Å². The van der Waals surface area contributed by atoms with E-state index >= 15 is 0 Å². The summed E-state index contributed by atoms with van der Waals surface area (Å²) in [5.41, 5.74) is 5.64. The van der Waals surface area contributed by atoms with E-state index in [1.807, 2.05) is 84.9 Å². The maximum Gasteiger partial charge on any atom is 0.252 e. The van der Waals surface area contributed by atoms with Gasteiger partial charge in [0, 0.05) is 15.0 Å². The Bertz CT molecular complexity index is 997. The third-order valence-electron chi connectivity index (χ3n) is 4.41. The summed E-state index contributed by atoms with van der Waals surface area (Å²) in [6, 6.07) is 26.7. The Labute approximate surface area is 189 Å². The van der Waals surface area contributed by atoms with Gasteiger partial charge < -0.3 is 5.32 Å². The highest BCUT2D eigenvalue weighted by Gasteiger charge is 2.22. The van der Waals surface area contributed by atoms with Crippen LogP contribution in [0.25, 0.3) is 0 Å². The van der Waals surface area contributed by atoms with E-state index in [-0.39, 0.29) is 18.2 Å². The third kappa shape index (κ3) is 6.25. The van der Waals surface area contributed by atoms with Gasteiger partial charge in [0.2, 0.25) is 5.91 Å². The Morgan fingerprint density at radius 3 is 2.07 bits per heavy atom. The van der Waals surface area contributed by atoms with Crippen LogP contribution in [0.2, 0.25) is 0 Å². The molecule has 3 aromatic carbocycles. The van der Waals surface area contributed by atoms with Gasteiger partial charge in [0.05, 0.1) is 12.3 Å². The van der Waals surface area contributed by atoms with Gasteiger partial charge in [0.1, 0.15) is 0 Å². The van der Waals surface area contributed by atoms with Gasteiger partial charge in [-0.05, 0) is 58.8 Å². The van der Waals surface area contributed by atoms with E-state index in [1.165, 1.54) is 0 Å². The average Bonchev–Trinajstić information content (AvgIpc) is 2.74. The van der Waals surface area contributed by atoms with Crippen LogP contribution in [0.3, 0.4) is 0 Å². The molecule has 2 amide bonds. The lowest BCUT2D eigenvalue weighted by Gasteiger charge is -2.16. The number of rotatable bonds is 7. The normalized spacial score (nSPS) is 11.2. The Morgan fingerprint density at radius 2 is 1.50 bits per heavy atom. The Kier molecular flexibility index (Phi) is 7.73. The fourth-order valence-corrected chi connectivity index (χ4v) is 3.59. The van der Waals surface area contributed by atoms with Crippen LogP contribution in [0, 0.1) is 3.57 Å². The molecule has 0 aliphatic rings. The predicted molar refractivity (Wildman–Crippen MR) is 128 cm³/mol. The van der Waals surface area contributed by atoms with Crippen LogP contribution in [0.5, 0.6) is 0 Å². The zero-order chi connectivity index (χ0) is 21.3. The van der Waals surface area contributed by atoms with Crippen molar-refractivity contribution in [3.63, 3.8) is 0 Å². The van der Waals surface area contributed by atoms with Gasteiger partial charge in [0.25, 0.3) is 5.91 Å². The van der Waals surface area contributed by atoms with Crippen molar-refractivity contribution < 1.29 is 9.59 Å². The zero-order valence-electron chi connectivity index (χ0n) is 16.5. The van der Waals surface area contributed by atoms with Crippen molar-refractivity contribution in [1.29, 1.82) is 0 Å². The van der Waals surface area contributed by atoms with Crippen molar-refractivity contribution in [3.05, 3.63) is 99.6 Å². The van der Waals surface area contributed by atoms with Gasteiger partial charge in [-0.1, -0.05) is 66.7 Å². The standard InChI is InChI=1S/C24H22IN3O2/c1-17(15-22(29)26-21-14-8-13-20(25)16-21)27-28-24(30)23(18-9-4-2-5-10-18)19-11-6-3-7-12-19/h2-14,16,23H,15H2,1H3,(H,26,29)(H,28,30). The van der Waals surface area contributed by atoms with E-state index in [0.29, 0.717) is 5.71 Å². The molecular formula is C24H22IN3O2. The highest BCUT2D eigenvalue weighted by molar-refractivity contribution is 14.1. The summed E-state index contributed by atoms with van der Waals surface area (Å²) < 4.78 is 1.04. The summed E-state index contributed by atoms with van der Waals surface area (Å²) >= 11 is 2.19. The molecule has 0 saturated carbocycles. The number of amides is 2. The maximum atomic E-state index is 12.9. The van der Waals surface area contributed by atoms with Crippen molar-refractivity contribution >= 4 is 45.8 Å². The lowest BCUT2D eigenvalue weighted by Crippen LogP contribution is -2.27. The summed E-state index contributed by atoms with van der Waals surface area (Å²) in [4.78, 5) is 25.2. The largest absolute Gasteiger partial charge is 0.326 e. The number of carbonyl (C=O) groups excluding carboxylic acids is 2. The molecular weight excluding hydrogens is 489 g/mol.